The Morgan fingerprint density at radius 3 is 2.67 bits per heavy atom. The Hall–Kier alpha value is -4.62. The number of nitriles is 1. The third-order valence-corrected chi connectivity index (χ3v) is 8.14. The van der Waals surface area contributed by atoms with Crippen LogP contribution in [0, 0.1) is 18.3 Å². The first-order chi connectivity index (χ1) is 22.0. The number of fused-ring (bicyclic) bond motifs is 1. The van der Waals surface area contributed by atoms with Gasteiger partial charge in [-0.1, -0.05) is 47.0 Å². The number of amides is 1. The zero-order valence-corrected chi connectivity index (χ0v) is 25.7. The van der Waals surface area contributed by atoms with Gasteiger partial charge < -0.3 is 30.2 Å². The number of carbonyl (C=O) groups excluding carboxylic acids is 1. The molecule has 2 aliphatic rings. The lowest BCUT2D eigenvalue weighted by molar-refractivity contribution is -0.112. The van der Waals surface area contributed by atoms with Gasteiger partial charge in [0.1, 0.15) is 36.0 Å². The van der Waals surface area contributed by atoms with E-state index in [2.05, 4.69) is 27.0 Å². The molecule has 2 saturated heterocycles. The van der Waals surface area contributed by atoms with Gasteiger partial charge >= 0.3 is 0 Å². The van der Waals surface area contributed by atoms with Crippen molar-refractivity contribution in [3.8, 4) is 17.6 Å². The summed E-state index contributed by atoms with van der Waals surface area (Å²) < 4.78 is 17.8. The lowest BCUT2D eigenvalue weighted by atomic mass is 10.0. The van der Waals surface area contributed by atoms with E-state index >= 15 is 0 Å². The van der Waals surface area contributed by atoms with E-state index in [4.69, 9.17) is 25.8 Å². The van der Waals surface area contributed by atoms with Crippen molar-refractivity contribution in [1.82, 2.24) is 10.3 Å². The lowest BCUT2D eigenvalue weighted by Crippen LogP contribution is -2.24. The van der Waals surface area contributed by atoms with Crippen LogP contribution in [0.15, 0.2) is 72.4 Å². The normalized spacial score (nSPS) is 16.2. The van der Waals surface area contributed by atoms with Gasteiger partial charge in [-0.2, -0.15) is 5.26 Å². The van der Waals surface area contributed by atoms with Gasteiger partial charge in [0.15, 0.2) is 0 Å². The van der Waals surface area contributed by atoms with Crippen molar-refractivity contribution < 1.29 is 19.0 Å². The molecule has 3 N–H and O–H groups in total. The maximum atomic E-state index is 13.2. The number of aryl methyl sites for hydroxylation is 1. The minimum Gasteiger partial charge on any atom is -0.487 e. The van der Waals surface area contributed by atoms with Crippen molar-refractivity contribution in [1.29, 1.82) is 5.26 Å². The zero-order valence-electron chi connectivity index (χ0n) is 25.0. The number of pyridine rings is 1. The number of benzene rings is 3. The summed E-state index contributed by atoms with van der Waals surface area (Å²) in [5.41, 5.74) is 5.79. The lowest BCUT2D eigenvalue weighted by Gasteiger charge is -2.20. The number of halogens is 1. The van der Waals surface area contributed by atoms with Crippen LogP contribution in [0.3, 0.4) is 0 Å². The summed E-state index contributed by atoms with van der Waals surface area (Å²) in [4.78, 5) is 17.8. The molecule has 1 amide bonds. The van der Waals surface area contributed by atoms with E-state index in [9.17, 15) is 10.1 Å². The highest BCUT2D eigenvalue weighted by Crippen LogP contribution is 2.39. The summed E-state index contributed by atoms with van der Waals surface area (Å²) in [5, 5.41) is 20.8. The Bertz CT molecular complexity index is 1770. The summed E-state index contributed by atoms with van der Waals surface area (Å²) in [7, 11) is 0. The monoisotopic (exact) mass is 623 g/mol. The molecule has 0 saturated carbocycles. The second-order valence-electron chi connectivity index (χ2n) is 11.2. The van der Waals surface area contributed by atoms with Gasteiger partial charge in [-0.3, -0.25) is 9.78 Å². The molecule has 1 unspecified atom stereocenters. The standard InChI is InChI=1S/C35H34ClN5O4/c1-22-2-4-24(5-3-22)20-44-30-8-6-26(17-29(30)36)40-33-25(18-37)19-39-34-28(33)7-9-31(45-27-12-15-43-21-27)35(34)41-32(42)16-23-10-13-38-14-11-23/h2-9,16-17,19,27,38H,10-15,20-21H2,1H3,(H,39,40)(H,41,42). The molecule has 0 radical (unpaired) electrons. The number of hydrogen-bond donors (Lipinski definition) is 3. The number of nitrogens with zero attached hydrogens (tertiary/aromatic N) is 2. The number of piperidine rings is 1. The summed E-state index contributed by atoms with van der Waals surface area (Å²) >= 11 is 6.62. The van der Waals surface area contributed by atoms with Crippen LogP contribution in [0.2, 0.25) is 5.02 Å². The predicted octanol–water partition coefficient (Wildman–Crippen LogP) is 6.81. The maximum Gasteiger partial charge on any atom is 0.248 e. The van der Waals surface area contributed by atoms with Crippen LogP contribution in [-0.2, 0) is 16.1 Å². The second kappa shape index (κ2) is 14.0. The Kier molecular flexibility index (Phi) is 9.46. The molecule has 1 atom stereocenters. The van der Waals surface area contributed by atoms with Crippen LogP contribution in [0.25, 0.3) is 10.9 Å². The highest BCUT2D eigenvalue weighted by Gasteiger charge is 2.23. The molecule has 0 aliphatic carbocycles. The summed E-state index contributed by atoms with van der Waals surface area (Å²) in [5.74, 6) is 0.797. The van der Waals surface area contributed by atoms with Crippen molar-refractivity contribution >= 4 is 45.5 Å². The molecular weight excluding hydrogens is 590 g/mol. The third-order valence-electron chi connectivity index (χ3n) is 7.85. The number of carbonyl (C=O) groups is 1. The van der Waals surface area contributed by atoms with Crippen LogP contribution in [0.4, 0.5) is 17.1 Å². The molecule has 9 nitrogen and oxygen atoms in total. The number of rotatable bonds is 9. The van der Waals surface area contributed by atoms with E-state index in [0.29, 0.717) is 69.9 Å². The Morgan fingerprint density at radius 2 is 1.93 bits per heavy atom. The molecule has 0 bridgehead atoms. The molecule has 3 heterocycles. The van der Waals surface area contributed by atoms with Gasteiger partial charge in [0.25, 0.3) is 0 Å². The summed E-state index contributed by atoms with van der Waals surface area (Å²) in [6.07, 6.45) is 5.42. The van der Waals surface area contributed by atoms with E-state index in [0.717, 1.165) is 43.5 Å². The molecule has 10 heteroatoms. The minimum absolute atomic E-state index is 0.134. The molecule has 6 rings (SSSR count). The van der Waals surface area contributed by atoms with Crippen LogP contribution in [0.1, 0.15) is 36.0 Å². The van der Waals surface area contributed by atoms with Crippen LogP contribution >= 0.6 is 11.6 Å². The summed E-state index contributed by atoms with van der Waals surface area (Å²) in [6, 6.07) is 19.4. The van der Waals surface area contributed by atoms with E-state index in [-0.39, 0.29) is 12.0 Å². The van der Waals surface area contributed by atoms with Gasteiger partial charge in [0, 0.05) is 29.8 Å². The first-order valence-corrected chi connectivity index (χ1v) is 15.4. The second-order valence-corrected chi connectivity index (χ2v) is 11.6. The van der Waals surface area contributed by atoms with Crippen LogP contribution in [0.5, 0.6) is 11.5 Å². The molecule has 2 fully saturated rings. The number of hydrogen-bond acceptors (Lipinski definition) is 8. The fourth-order valence-corrected chi connectivity index (χ4v) is 5.63. The zero-order chi connectivity index (χ0) is 31.2. The maximum absolute atomic E-state index is 13.2. The summed E-state index contributed by atoms with van der Waals surface area (Å²) in [6.45, 7) is 5.22. The average molecular weight is 624 g/mol. The first kappa shape index (κ1) is 30.4. The Balaban J connectivity index is 1.30. The molecule has 2 aliphatic heterocycles. The fraction of sp³-hybridized carbons (Fsp3) is 0.286. The molecular formula is C35H34ClN5O4. The molecule has 230 valence electrons. The van der Waals surface area contributed by atoms with Crippen molar-refractivity contribution in [2.75, 3.05) is 36.9 Å². The van der Waals surface area contributed by atoms with Crippen molar-refractivity contribution in [2.45, 2.75) is 38.9 Å². The number of nitrogens with one attached hydrogen (secondary N) is 3. The number of aromatic nitrogens is 1. The third kappa shape index (κ3) is 7.37. The Morgan fingerprint density at radius 1 is 1.13 bits per heavy atom. The Labute approximate surface area is 267 Å². The topological polar surface area (TPSA) is 118 Å². The highest BCUT2D eigenvalue weighted by atomic mass is 35.5. The van der Waals surface area contributed by atoms with Crippen molar-refractivity contribution in [3.05, 3.63) is 94.2 Å². The highest BCUT2D eigenvalue weighted by molar-refractivity contribution is 6.32. The van der Waals surface area contributed by atoms with Crippen LogP contribution < -0.4 is 25.4 Å². The predicted molar refractivity (Wildman–Crippen MR) is 175 cm³/mol. The number of ether oxygens (including phenoxy) is 3. The molecule has 4 aromatic rings. The van der Waals surface area contributed by atoms with Gasteiger partial charge in [0.2, 0.25) is 5.91 Å². The van der Waals surface area contributed by atoms with Crippen molar-refractivity contribution in [2.24, 2.45) is 0 Å². The average Bonchev–Trinajstić information content (AvgIpc) is 3.56. The van der Waals surface area contributed by atoms with Gasteiger partial charge in [-0.15, -0.1) is 0 Å². The van der Waals surface area contributed by atoms with E-state index < -0.39 is 0 Å². The fourth-order valence-electron chi connectivity index (χ4n) is 5.39. The smallest absolute Gasteiger partial charge is 0.248 e. The molecule has 0 spiro atoms. The van der Waals surface area contributed by atoms with Crippen LogP contribution in [-0.4, -0.2) is 43.3 Å². The molecule has 3 aromatic carbocycles. The SMILES string of the molecule is Cc1ccc(COc2ccc(Nc3c(C#N)cnc4c(NC(=O)C=C5CCNCC5)c(OC5CCOC5)ccc34)cc2Cl)cc1. The van der Waals surface area contributed by atoms with E-state index in [1.54, 1.807) is 24.3 Å². The van der Waals surface area contributed by atoms with E-state index in [1.165, 1.54) is 11.8 Å². The van der Waals surface area contributed by atoms with E-state index in [1.807, 2.05) is 43.3 Å². The molecule has 45 heavy (non-hydrogen) atoms. The minimum atomic E-state index is -0.249. The first-order valence-electron chi connectivity index (χ1n) is 15.0. The van der Waals surface area contributed by atoms with Crippen molar-refractivity contribution in [3.63, 3.8) is 0 Å². The largest absolute Gasteiger partial charge is 0.487 e. The molecule has 1 aromatic heterocycles. The van der Waals surface area contributed by atoms with Gasteiger partial charge in [-0.05, 0) is 68.8 Å². The van der Waals surface area contributed by atoms with Gasteiger partial charge in [-0.25, -0.2) is 0 Å². The number of anilines is 3. The quantitative estimate of drug-likeness (QED) is 0.174. The van der Waals surface area contributed by atoms with Gasteiger partial charge in [0.05, 0.1) is 35.0 Å².